The van der Waals surface area contributed by atoms with Crippen molar-refractivity contribution in [1.29, 1.82) is 0 Å². The predicted octanol–water partition coefficient (Wildman–Crippen LogP) is 5.57. The Morgan fingerprint density at radius 3 is 2.48 bits per heavy atom. The largest absolute Gasteiger partial charge is 0.495 e. The van der Waals surface area contributed by atoms with Crippen LogP contribution in [0.2, 0.25) is 0 Å². The monoisotopic (exact) mass is 602 g/mol. The van der Waals surface area contributed by atoms with Crippen molar-refractivity contribution in [2.75, 3.05) is 24.4 Å². The zero-order chi connectivity index (χ0) is 29.8. The maximum Gasteiger partial charge on any atom is 0.341 e. The molecule has 0 aliphatic heterocycles. The number of ether oxygens (including phenoxy) is 2. The molecule has 0 spiro atoms. The van der Waals surface area contributed by atoms with Gasteiger partial charge in [-0.15, -0.1) is 22.7 Å². The van der Waals surface area contributed by atoms with Crippen LogP contribution in [0.15, 0.2) is 71.8 Å². The molecule has 3 aromatic heterocycles. The highest BCUT2D eigenvalue weighted by Crippen LogP contribution is 2.36. The summed E-state index contributed by atoms with van der Waals surface area (Å²) in [6.07, 6.45) is 1.28. The van der Waals surface area contributed by atoms with E-state index in [9.17, 15) is 19.2 Å². The maximum absolute atomic E-state index is 13.4. The van der Waals surface area contributed by atoms with E-state index >= 15 is 0 Å². The molecule has 0 bridgehead atoms. The number of aromatic nitrogens is 2. The van der Waals surface area contributed by atoms with Crippen molar-refractivity contribution in [1.82, 2.24) is 9.55 Å². The molecule has 0 atom stereocenters. The van der Waals surface area contributed by atoms with Gasteiger partial charge in [-0.1, -0.05) is 42.5 Å². The Balaban J connectivity index is 1.39. The molecule has 0 aliphatic rings. The lowest BCUT2D eigenvalue weighted by molar-refractivity contribution is -0.116. The van der Waals surface area contributed by atoms with Crippen LogP contribution >= 0.6 is 22.7 Å². The van der Waals surface area contributed by atoms with Gasteiger partial charge in [-0.2, -0.15) is 0 Å². The highest BCUT2D eigenvalue weighted by atomic mass is 32.1. The number of carbonyl (C=O) groups is 3. The number of nitrogens with one attached hydrogen (secondary N) is 2. The van der Waals surface area contributed by atoms with E-state index in [1.165, 1.54) is 29.3 Å². The van der Waals surface area contributed by atoms with E-state index in [1.54, 1.807) is 44.2 Å². The first-order valence-corrected chi connectivity index (χ1v) is 14.5. The smallest absolute Gasteiger partial charge is 0.341 e. The number of rotatable bonds is 9. The number of fused-ring (bicyclic) bond motifs is 1. The number of nitrogens with zero attached hydrogens (tertiary/aromatic N) is 2. The van der Waals surface area contributed by atoms with Gasteiger partial charge < -0.3 is 20.1 Å². The molecule has 0 saturated heterocycles. The van der Waals surface area contributed by atoms with E-state index in [-0.39, 0.29) is 24.1 Å². The number of esters is 1. The summed E-state index contributed by atoms with van der Waals surface area (Å²) >= 11 is 2.33. The van der Waals surface area contributed by atoms with Crippen molar-refractivity contribution in [3.8, 4) is 16.2 Å². The standard InChI is InChI=1S/C30H26N4O6S2/c1-4-40-30(38)19-14-22(18-10-6-5-7-11-18)41-27(19)33-23(35)15-34-16-31-28-24(29(34)37)17(2)25(42-28)26(36)32-20-12-8-9-13-21(20)39-3/h5-14,16H,4,15H2,1-3H3,(H,32,36)(H,33,35). The Kier molecular flexibility index (Phi) is 8.46. The molecule has 10 nitrogen and oxygen atoms in total. The fourth-order valence-electron chi connectivity index (χ4n) is 4.33. The number of amides is 2. The lowest BCUT2D eigenvalue weighted by atomic mass is 10.1. The van der Waals surface area contributed by atoms with E-state index in [2.05, 4.69) is 15.6 Å². The molecular formula is C30H26N4O6S2. The molecule has 0 radical (unpaired) electrons. The number of hydrogen-bond acceptors (Lipinski definition) is 9. The van der Waals surface area contributed by atoms with Gasteiger partial charge in [-0.25, -0.2) is 9.78 Å². The average Bonchev–Trinajstić information content (AvgIpc) is 3.57. The molecule has 2 amide bonds. The van der Waals surface area contributed by atoms with Crippen molar-refractivity contribution < 1.29 is 23.9 Å². The molecule has 214 valence electrons. The third kappa shape index (κ3) is 5.80. The van der Waals surface area contributed by atoms with Crippen molar-refractivity contribution in [2.45, 2.75) is 20.4 Å². The lowest BCUT2D eigenvalue weighted by Crippen LogP contribution is -2.28. The number of benzene rings is 2. The number of para-hydroxylation sites is 2. The van der Waals surface area contributed by atoms with Crippen molar-refractivity contribution in [2.24, 2.45) is 0 Å². The highest BCUT2D eigenvalue weighted by molar-refractivity contribution is 7.20. The zero-order valence-corrected chi connectivity index (χ0v) is 24.6. The summed E-state index contributed by atoms with van der Waals surface area (Å²) in [6, 6.07) is 18.1. The van der Waals surface area contributed by atoms with Crippen LogP contribution in [-0.4, -0.2) is 41.1 Å². The second-order valence-electron chi connectivity index (χ2n) is 9.06. The van der Waals surface area contributed by atoms with Crippen LogP contribution in [0.4, 0.5) is 10.7 Å². The Morgan fingerprint density at radius 1 is 1.00 bits per heavy atom. The topological polar surface area (TPSA) is 129 Å². The van der Waals surface area contributed by atoms with Crippen LogP contribution in [0, 0.1) is 6.92 Å². The fraction of sp³-hybridized carbons (Fsp3) is 0.167. The van der Waals surface area contributed by atoms with Gasteiger partial charge in [-0.3, -0.25) is 19.0 Å². The summed E-state index contributed by atoms with van der Waals surface area (Å²) < 4.78 is 11.7. The summed E-state index contributed by atoms with van der Waals surface area (Å²) in [6.45, 7) is 3.21. The van der Waals surface area contributed by atoms with Gasteiger partial charge in [0.25, 0.3) is 11.5 Å². The minimum absolute atomic E-state index is 0.183. The van der Waals surface area contributed by atoms with Gasteiger partial charge in [-0.05, 0) is 43.2 Å². The molecule has 12 heteroatoms. The van der Waals surface area contributed by atoms with Crippen LogP contribution in [0.5, 0.6) is 5.75 Å². The Morgan fingerprint density at radius 2 is 1.74 bits per heavy atom. The minimum Gasteiger partial charge on any atom is -0.495 e. The van der Waals surface area contributed by atoms with Gasteiger partial charge in [0.1, 0.15) is 22.1 Å². The van der Waals surface area contributed by atoms with Gasteiger partial charge in [0, 0.05) is 4.88 Å². The molecule has 3 heterocycles. The summed E-state index contributed by atoms with van der Waals surface area (Å²) in [5, 5.41) is 6.16. The minimum atomic E-state index is -0.556. The molecule has 2 aromatic carbocycles. The first-order chi connectivity index (χ1) is 20.3. The van der Waals surface area contributed by atoms with Crippen molar-refractivity contribution in [3.05, 3.63) is 93.3 Å². The number of methoxy groups -OCH3 is 1. The van der Waals surface area contributed by atoms with E-state index in [0.29, 0.717) is 31.7 Å². The molecule has 42 heavy (non-hydrogen) atoms. The SMILES string of the molecule is CCOC(=O)c1cc(-c2ccccc2)sc1NC(=O)Cn1cnc2sc(C(=O)Nc3ccccc3OC)c(C)c2c1=O. The lowest BCUT2D eigenvalue weighted by Gasteiger charge is -2.09. The summed E-state index contributed by atoms with van der Waals surface area (Å²) in [7, 11) is 1.51. The first kappa shape index (κ1) is 28.7. The van der Waals surface area contributed by atoms with E-state index in [1.807, 2.05) is 30.3 Å². The van der Waals surface area contributed by atoms with E-state index in [4.69, 9.17) is 9.47 Å². The van der Waals surface area contributed by atoms with Crippen LogP contribution in [-0.2, 0) is 16.1 Å². The summed E-state index contributed by atoms with van der Waals surface area (Å²) in [5.74, 6) is -0.974. The second-order valence-corrected chi connectivity index (χ2v) is 11.1. The fourth-order valence-corrected chi connectivity index (χ4v) is 6.43. The molecule has 0 fully saturated rings. The number of anilines is 2. The second kappa shape index (κ2) is 12.4. The predicted molar refractivity (Wildman–Crippen MR) is 164 cm³/mol. The van der Waals surface area contributed by atoms with Crippen LogP contribution in [0.25, 0.3) is 20.7 Å². The molecule has 0 unspecified atom stereocenters. The van der Waals surface area contributed by atoms with E-state index in [0.717, 1.165) is 21.8 Å². The molecule has 2 N–H and O–H groups in total. The number of carbonyl (C=O) groups excluding carboxylic acids is 3. The number of hydrogen-bond donors (Lipinski definition) is 2. The third-order valence-corrected chi connectivity index (χ3v) is 8.63. The third-order valence-electron chi connectivity index (χ3n) is 6.33. The van der Waals surface area contributed by atoms with E-state index < -0.39 is 23.3 Å². The summed E-state index contributed by atoms with van der Waals surface area (Å²) in [5.41, 5.74) is 1.62. The van der Waals surface area contributed by atoms with Gasteiger partial charge in [0.2, 0.25) is 5.91 Å². The molecule has 5 aromatic rings. The molecule has 5 rings (SSSR count). The average molecular weight is 603 g/mol. The number of thiophene rings is 2. The van der Waals surface area contributed by atoms with Gasteiger partial charge in [0.15, 0.2) is 0 Å². The normalized spacial score (nSPS) is 10.8. The molecule has 0 aliphatic carbocycles. The van der Waals surface area contributed by atoms with Crippen LogP contribution in [0.1, 0.15) is 32.5 Å². The first-order valence-electron chi connectivity index (χ1n) is 12.9. The molecule has 0 saturated carbocycles. The van der Waals surface area contributed by atoms with Crippen molar-refractivity contribution >= 4 is 61.4 Å². The Labute approximate surface area is 248 Å². The maximum atomic E-state index is 13.4. The Bertz CT molecular complexity index is 1860. The zero-order valence-electron chi connectivity index (χ0n) is 22.9. The number of aryl methyl sites for hydroxylation is 1. The highest BCUT2D eigenvalue weighted by Gasteiger charge is 2.23. The molecular weight excluding hydrogens is 576 g/mol. The van der Waals surface area contributed by atoms with Crippen molar-refractivity contribution in [3.63, 3.8) is 0 Å². The summed E-state index contributed by atoms with van der Waals surface area (Å²) in [4.78, 5) is 58.1. The quantitative estimate of drug-likeness (QED) is 0.211. The van der Waals surface area contributed by atoms with Crippen LogP contribution in [0.3, 0.4) is 0 Å². The van der Waals surface area contributed by atoms with Gasteiger partial charge >= 0.3 is 5.97 Å². The van der Waals surface area contributed by atoms with Gasteiger partial charge in [0.05, 0.1) is 41.6 Å². The Hall–Kier alpha value is -4.81. The van der Waals surface area contributed by atoms with Crippen LogP contribution < -0.4 is 20.9 Å².